The summed E-state index contributed by atoms with van der Waals surface area (Å²) in [6.07, 6.45) is 11.3. The molecule has 8 heteroatoms. The smallest absolute Gasteiger partial charge is 0.251 e. The Morgan fingerprint density at radius 3 is 2.53 bits per heavy atom. The molecule has 0 radical (unpaired) electrons. The number of nitrogens with zero attached hydrogens (tertiary/aromatic N) is 2. The number of aryl methyl sites for hydroxylation is 1. The molecule has 2 amide bonds. The van der Waals surface area contributed by atoms with Gasteiger partial charge in [-0.3, -0.25) is 19.5 Å². The van der Waals surface area contributed by atoms with Crippen LogP contribution in [0.3, 0.4) is 0 Å². The van der Waals surface area contributed by atoms with Gasteiger partial charge in [-0.1, -0.05) is 48.5 Å². The van der Waals surface area contributed by atoms with Crippen LogP contribution < -0.4 is 16.0 Å². The molecule has 7 rings (SSSR count). The number of pyridine rings is 1. The van der Waals surface area contributed by atoms with E-state index in [4.69, 9.17) is 4.98 Å². The lowest BCUT2D eigenvalue weighted by atomic mass is 9.92. The summed E-state index contributed by atoms with van der Waals surface area (Å²) in [5, 5.41) is 12.4. The Bertz CT molecular complexity index is 1900. The zero-order chi connectivity index (χ0) is 33.4. The number of unbranched alkanes of at least 4 members (excludes halogenated alkanes) is 1. The molecule has 2 aromatic heterocycles. The number of nitrogens with one attached hydrogen (secondary N) is 4. The third-order valence-electron chi connectivity index (χ3n) is 10.2. The van der Waals surface area contributed by atoms with Gasteiger partial charge in [0.1, 0.15) is 0 Å². The zero-order valence-electron chi connectivity index (χ0n) is 28.4. The number of likely N-dealkylation sites (tertiary alicyclic amines) is 1. The number of aromatic nitrogens is 2. The Kier molecular flexibility index (Phi) is 10.5. The minimum absolute atomic E-state index is 0.0174. The maximum atomic E-state index is 13.1. The SMILES string of the molecule is O=C(NCCc1c[nH]c2ccccc12)c1ccc(CN2CCCC(C(=O)NCCCCNc3c4c(nc5ccccc35)CCCC4)C2)cc1. The molecule has 1 aliphatic carbocycles. The number of rotatable bonds is 13. The molecule has 1 aliphatic heterocycles. The number of H-pyrrole nitrogens is 1. The van der Waals surface area contributed by atoms with Crippen molar-refractivity contribution in [2.45, 2.75) is 64.3 Å². The van der Waals surface area contributed by atoms with Crippen LogP contribution in [0.5, 0.6) is 0 Å². The molecule has 2 aliphatic rings. The predicted molar refractivity (Wildman–Crippen MR) is 198 cm³/mol. The molecule has 3 aromatic carbocycles. The molecule has 8 nitrogen and oxygen atoms in total. The highest BCUT2D eigenvalue weighted by Gasteiger charge is 2.25. The third-order valence-corrected chi connectivity index (χ3v) is 10.2. The molecule has 3 heterocycles. The number of piperidine rings is 1. The van der Waals surface area contributed by atoms with E-state index in [1.807, 2.05) is 42.6 Å². The fourth-order valence-electron chi connectivity index (χ4n) is 7.58. The molecule has 4 N–H and O–H groups in total. The fourth-order valence-corrected chi connectivity index (χ4v) is 7.58. The quantitative estimate of drug-likeness (QED) is 0.105. The van der Waals surface area contributed by atoms with Crippen molar-refractivity contribution in [3.63, 3.8) is 0 Å². The third kappa shape index (κ3) is 7.97. The minimum atomic E-state index is -0.0540. The van der Waals surface area contributed by atoms with E-state index in [9.17, 15) is 9.59 Å². The summed E-state index contributed by atoms with van der Waals surface area (Å²) in [5.41, 5.74) is 9.15. The first-order valence-electron chi connectivity index (χ1n) is 18.2. The molecule has 1 fully saturated rings. The average molecular weight is 657 g/mol. The molecule has 0 saturated carbocycles. The summed E-state index contributed by atoms with van der Waals surface area (Å²) in [6, 6.07) is 24.6. The van der Waals surface area contributed by atoms with E-state index < -0.39 is 0 Å². The molecule has 0 bridgehead atoms. The first-order valence-corrected chi connectivity index (χ1v) is 18.2. The average Bonchev–Trinajstić information content (AvgIpc) is 3.55. The molecule has 1 atom stereocenters. The highest BCUT2D eigenvalue weighted by atomic mass is 16.2. The Labute approximate surface area is 289 Å². The summed E-state index contributed by atoms with van der Waals surface area (Å²) in [4.78, 5) is 36.5. The summed E-state index contributed by atoms with van der Waals surface area (Å²) >= 11 is 0. The van der Waals surface area contributed by atoms with Crippen LogP contribution in [-0.4, -0.2) is 59.4 Å². The number of para-hydroxylation sites is 2. The molecule has 5 aromatic rings. The van der Waals surface area contributed by atoms with Crippen molar-refractivity contribution in [1.29, 1.82) is 0 Å². The lowest BCUT2D eigenvalue weighted by Crippen LogP contribution is -2.42. The monoisotopic (exact) mass is 656 g/mol. The molecule has 0 spiro atoms. The van der Waals surface area contributed by atoms with Crippen molar-refractivity contribution < 1.29 is 9.59 Å². The fraction of sp³-hybridized carbons (Fsp3) is 0.390. The van der Waals surface area contributed by atoms with Gasteiger partial charge < -0.3 is 20.9 Å². The normalized spacial score (nSPS) is 16.4. The Balaban J connectivity index is 0.819. The Hall–Kier alpha value is -4.69. The van der Waals surface area contributed by atoms with Crippen LogP contribution >= 0.6 is 0 Å². The van der Waals surface area contributed by atoms with Crippen LogP contribution in [-0.2, 0) is 30.6 Å². The zero-order valence-corrected chi connectivity index (χ0v) is 28.4. The van der Waals surface area contributed by atoms with Crippen LogP contribution in [0, 0.1) is 5.92 Å². The van der Waals surface area contributed by atoms with Gasteiger partial charge in [0.2, 0.25) is 5.91 Å². The van der Waals surface area contributed by atoms with Crippen LogP contribution in [0.4, 0.5) is 5.69 Å². The maximum absolute atomic E-state index is 13.1. The number of anilines is 1. The number of aromatic amines is 1. The van der Waals surface area contributed by atoms with Crippen molar-refractivity contribution >= 4 is 39.3 Å². The second kappa shape index (κ2) is 15.7. The van der Waals surface area contributed by atoms with Crippen molar-refractivity contribution in [2.24, 2.45) is 5.92 Å². The van der Waals surface area contributed by atoms with Crippen molar-refractivity contribution in [1.82, 2.24) is 25.5 Å². The first kappa shape index (κ1) is 32.8. The number of carbonyl (C=O) groups excluding carboxylic acids is 2. The van der Waals surface area contributed by atoms with Gasteiger partial charge in [0.15, 0.2) is 0 Å². The lowest BCUT2D eigenvalue weighted by Gasteiger charge is -2.32. The van der Waals surface area contributed by atoms with Crippen molar-refractivity contribution in [3.8, 4) is 0 Å². The second-order valence-electron chi connectivity index (χ2n) is 13.7. The highest BCUT2D eigenvalue weighted by molar-refractivity contribution is 5.94. The second-order valence-corrected chi connectivity index (χ2v) is 13.7. The first-order chi connectivity index (χ1) is 24.1. The van der Waals surface area contributed by atoms with Crippen LogP contribution in [0.25, 0.3) is 21.8 Å². The number of benzene rings is 3. The van der Waals surface area contributed by atoms with Crippen molar-refractivity contribution in [2.75, 3.05) is 38.0 Å². The minimum Gasteiger partial charge on any atom is -0.384 e. The molecule has 1 unspecified atom stereocenters. The number of hydrogen-bond donors (Lipinski definition) is 4. The number of amides is 2. The largest absolute Gasteiger partial charge is 0.384 e. The summed E-state index contributed by atoms with van der Waals surface area (Å²) in [6.45, 7) is 4.71. The molecular formula is C41H48N6O2. The van der Waals surface area contributed by atoms with Crippen LogP contribution in [0.2, 0.25) is 0 Å². The van der Waals surface area contributed by atoms with E-state index in [2.05, 4.69) is 62.2 Å². The Morgan fingerprint density at radius 1 is 0.837 bits per heavy atom. The Morgan fingerprint density at radius 2 is 1.63 bits per heavy atom. The predicted octanol–water partition coefficient (Wildman–Crippen LogP) is 6.79. The van der Waals surface area contributed by atoms with E-state index in [-0.39, 0.29) is 17.7 Å². The highest BCUT2D eigenvalue weighted by Crippen LogP contribution is 2.33. The van der Waals surface area contributed by atoms with Gasteiger partial charge in [-0.25, -0.2) is 0 Å². The molecule has 254 valence electrons. The maximum Gasteiger partial charge on any atom is 0.251 e. The standard InChI is InChI=1S/C41H48N6O2/c48-40(44-24-21-31-26-45-36-14-4-1-11-33(31)36)30-19-17-29(18-20-30)27-47-25-9-10-32(28-47)41(49)43-23-8-7-22-42-39-34-12-2-5-15-37(34)46-38-16-6-3-13-35(38)39/h1-2,4-5,11-12,14-15,17-20,26,32,45H,3,6-10,13,16,21-25,27-28H2,(H,42,46)(H,43,49)(H,44,48). The van der Waals surface area contributed by atoms with Gasteiger partial charge in [0.05, 0.1) is 11.4 Å². The number of hydrogen-bond acceptors (Lipinski definition) is 5. The molecular weight excluding hydrogens is 608 g/mol. The number of fused-ring (bicyclic) bond motifs is 3. The van der Waals surface area contributed by atoms with Crippen LogP contribution in [0.1, 0.15) is 71.3 Å². The molecule has 1 saturated heterocycles. The van der Waals surface area contributed by atoms with Crippen molar-refractivity contribution in [3.05, 3.63) is 107 Å². The van der Waals surface area contributed by atoms with E-state index in [1.165, 1.54) is 46.1 Å². The van der Waals surface area contributed by atoms with Gasteiger partial charge in [0, 0.05) is 72.2 Å². The van der Waals surface area contributed by atoms with E-state index in [1.54, 1.807) is 0 Å². The summed E-state index contributed by atoms with van der Waals surface area (Å²) in [7, 11) is 0. The van der Waals surface area contributed by atoms with Gasteiger partial charge in [0.25, 0.3) is 5.91 Å². The summed E-state index contributed by atoms with van der Waals surface area (Å²) < 4.78 is 0. The van der Waals surface area contributed by atoms with E-state index in [0.717, 1.165) is 87.7 Å². The van der Waals surface area contributed by atoms with Gasteiger partial charge in [-0.05, 0) is 105 Å². The van der Waals surface area contributed by atoms with Crippen LogP contribution in [0.15, 0.2) is 79.0 Å². The topological polar surface area (TPSA) is 102 Å². The van der Waals surface area contributed by atoms with Gasteiger partial charge >= 0.3 is 0 Å². The number of carbonyl (C=O) groups is 2. The lowest BCUT2D eigenvalue weighted by molar-refractivity contribution is -0.126. The van der Waals surface area contributed by atoms with Gasteiger partial charge in [-0.2, -0.15) is 0 Å². The van der Waals surface area contributed by atoms with Gasteiger partial charge in [-0.15, -0.1) is 0 Å². The van der Waals surface area contributed by atoms with E-state index in [0.29, 0.717) is 18.7 Å². The summed E-state index contributed by atoms with van der Waals surface area (Å²) in [5.74, 6) is 0.136. The van der Waals surface area contributed by atoms with E-state index >= 15 is 0 Å². The molecule has 49 heavy (non-hydrogen) atoms.